The molecule has 0 spiro atoms. The lowest BCUT2D eigenvalue weighted by Gasteiger charge is -2.62. The van der Waals surface area contributed by atoms with Gasteiger partial charge in [0.2, 0.25) is 5.91 Å². The monoisotopic (exact) mass is 643 g/mol. The maximum Gasteiger partial charge on any atom is 0.308 e. The molecule has 0 radical (unpaired) electrons. The molecule has 0 bridgehead atoms. The Morgan fingerprint density at radius 3 is 2.43 bits per heavy atom. The van der Waals surface area contributed by atoms with Crippen molar-refractivity contribution in [3.8, 4) is 5.75 Å². The van der Waals surface area contributed by atoms with Gasteiger partial charge in [0, 0.05) is 43.6 Å². The van der Waals surface area contributed by atoms with Crippen molar-refractivity contribution in [3.05, 3.63) is 63.6 Å². The van der Waals surface area contributed by atoms with E-state index in [1.165, 1.54) is 26.7 Å². The first-order chi connectivity index (χ1) is 20.8. The van der Waals surface area contributed by atoms with Crippen LogP contribution in [0, 0.1) is 11.8 Å². The number of rotatable bonds is 10. The van der Waals surface area contributed by atoms with Crippen LogP contribution in [0.15, 0.2) is 42.5 Å². The predicted octanol–water partition coefficient (Wildman–Crippen LogP) is 6.66. The van der Waals surface area contributed by atoms with Crippen molar-refractivity contribution in [2.45, 2.75) is 89.7 Å². The predicted molar refractivity (Wildman–Crippen MR) is 172 cm³/mol. The maximum atomic E-state index is 13.3. The van der Waals surface area contributed by atoms with Crippen LogP contribution in [0.2, 0.25) is 10.0 Å². The fourth-order valence-corrected chi connectivity index (χ4v) is 8.54. The molecular formula is C35H45Cl2N2O5+. The van der Waals surface area contributed by atoms with Crippen LogP contribution in [0.1, 0.15) is 77.3 Å². The van der Waals surface area contributed by atoms with E-state index in [1.54, 1.807) is 18.2 Å². The quantitative estimate of drug-likeness (QED) is 0.178. The lowest BCUT2D eigenvalue weighted by atomic mass is 9.54. The lowest BCUT2D eigenvalue weighted by molar-refractivity contribution is -0.945. The number of ether oxygens (including phenoxy) is 2. The second-order valence-electron chi connectivity index (χ2n) is 13.9. The molecule has 238 valence electrons. The maximum absolute atomic E-state index is 13.3. The molecule has 1 N–H and O–H groups in total. The van der Waals surface area contributed by atoms with E-state index < -0.39 is 11.0 Å². The zero-order valence-corrected chi connectivity index (χ0v) is 27.8. The van der Waals surface area contributed by atoms with E-state index in [-0.39, 0.29) is 30.3 Å². The standard InChI is InChI=1S/C35H44Cl2N2O5/c1-23(2)20-39(21-26-8-9-26)15-14-34(28-6-5-7-30(18-28)43-24(3)40)19-29(12-13-35(34,22-39)44-25(4)41)38-33(42)17-27-10-11-31(36)32(37)16-27/h5-7,10-11,16,18,23,26,29H,8-9,12-15,17,19-22H2,1-4H3/p+1/t29-,34+,35?,39-/m0/s1. The van der Waals surface area contributed by atoms with Crippen molar-refractivity contribution < 1.29 is 28.3 Å². The molecule has 0 aromatic heterocycles. The summed E-state index contributed by atoms with van der Waals surface area (Å²) in [6.07, 6.45) is 5.45. The number of carbonyl (C=O) groups is 3. The van der Waals surface area contributed by atoms with Gasteiger partial charge in [-0.3, -0.25) is 14.4 Å². The SMILES string of the molecule is CC(=O)Oc1cccc([C@]23CC[N@+](CC(C)C)(CC4CC4)CC2(OC(C)=O)CC[C@H](NC(=O)Cc2ccc(Cl)c(Cl)c2)C3)c1. The molecule has 44 heavy (non-hydrogen) atoms. The summed E-state index contributed by atoms with van der Waals surface area (Å²) in [5, 5.41) is 4.17. The number of quaternary nitrogens is 1. The van der Waals surface area contributed by atoms with Crippen molar-refractivity contribution >= 4 is 41.0 Å². The van der Waals surface area contributed by atoms with E-state index in [1.807, 2.05) is 18.2 Å². The van der Waals surface area contributed by atoms with E-state index in [0.717, 1.165) is 54.1 Å². The highest BCUT2D eigenvalue weighted by molar-refractivity contribution is 6.42. The van der Waals surface area contributed by atoms with Crippen LogP contribution in [0.3, 0.4) is 0 Å². The number of esters is 2. The molecule has 9 heteroatoms. The molecule has 1 heterocycles. The summed E-state index contributed by atoms with van der Waals surface area (Å²) in [7, 11) is 0. The Bertz CT molecular complexity index is 1410. The fraction of sp³-hybridized carbons (Fsp3) is 0.571. The van der Waals surface area contributed by atoms with Gasteiger partial charge in [0.15, 0.2) is 5.60 Å². The van der Waals surface area contributed by atoms with E-state index in [9.17, 15) is 14.4 Å². The second-order valence-corrected chi connectivity index (χ2v) is 14.7. The minimum Gasteiger partial charge on any atom is -0.452 e. The van der Waals surface area contributed by atoms with Gasteiger partial charge in [-0.2, -0.15) is 0 Å². The molecule has 1 unspecified atom stereocenters. The van der Waals surface area contributed by atoms with Gasteiger partial charge in [-0.1, -0.05) is 55.2 Å². The summed E-state index contributed by atoms with van der Waals surface area (Å²) in [5.74, 6) is 0.927. The summed E-state index contributed by atoms with van der Waals surface area (Å²) in [6.45, 7) is 11.3. The summed E-state index contributed by atoms with van der Waals surface area (Å²) in [6, 6.07) is 12.8. The van der Waals surface area contributed by atoms with Crippen molar-refractivity contribution in [2.24, 2.45) is 11.8 Å². The molecule has 1 aliphatic heterocycles. The number of likely N-dealkylation sites (tertiary alicyclic amines) is 1. The highest BCUT2D eigenvalue weighted by atomic mass is 35.5. The molecule has 1 amide bonds. The number of fused-ring (bicyclic) bond motifs is 1. The van der Waals surface area contributed by atoms with Crippen LogP contribution in [0.25, 0.3) is 0 Å². The number of nitrogens with one attached hydrogen (secondary N) is 1. The summed E-state index contributed by atoms with van der Waals surface area (Å²) < 4.78 is 13.0. The smallest absolute Gasteiger partial charge is 0.308 e. The van der Waals surface area contributed by atoms with Crippen molar-refractivity contribution in [3.63, 3.8) is 0 Å². The van der Waals surface area contributed by atoms with E-state index in [0.29, 0.717) is 41.0 Å². The third-order valence-electron chi connectivity index (χ3n) is 9.76. The Morgan fingerprint density at radius 2 is 1.77 bits per heavy atom. The first kappa shape index (κ1) is 32.8. The lowest BCUT2D eigenvalue weighted by Crippen LogP contribution is -2.74. The number of benzene rings is 2. The molecule has 2 aromatic rings. The molecular weight excluding hydrogens is 599 g/mol. The second kappa shape index (κ2) is 13.0. The molecule has 1 saturated heterocycles. The third-order valence-corrected chi connectivity index (χ3v) is 10.5. The van der Waals surface area contributed by atoms with Gasteiger partial charge in [0.25, 0.3) is 0 Å². The van der Waals surface area contributed by atoms with Gasteiger partial charge < -0.3 is 19.3 Å². The molecule has 7 nitrogen and oxygen atoms in total. The van der Waals surface area contributed by atoms with E-state index >= 15 is 0 Å². The Labute approximate surface area is 271 Å². The molecule has 3 fully saturated rings. The van der Waals surface area contributed by atoms with Crippen LogP contribution in [-0.2, 0) is 31.0 Å². The van der Waals surface area contributed by atoms with Crippen molar-refractivity contribution in [2.75, 3.05) is 26.2 Å². The Kier molecular flexibility index (Phi) is 9.69. The van der Waals surface area contributed by atoms with Gasteiger partial charge in [-0.05, 0) is 67.5 Å². The first-order valence-electron chi connectivity index (χ1n) is 15.9. The Morgan fingerprint density at radius 1 is 1.00 bits per heavy atom. The van der Waals surface area contributed by atoms with E-state index in [2.05, 4.69) is 25.2 Å². The topological polar surface area (TPSA) is 81.7 Å². The van der Waals surface area contributed by atoms with Crippen LogP contribution in [-0.4, -0.2) is 60.2 Å². The van der Waals surface area contributed by atoms with Crippen LogP contribution >= 0.6 is 23.2 Å². The zero-order valence-electron chi connectivity index (χ0n) is 26.3. The number of nitrogens with zero attached hydrogens (tertiary/aromatic N) is 1. The average molecular weight is 645 g/mol. The summed E-state index contributed by atoms with van der Waals surface area (Å²) >= 11 is 12.3. The first-order valence-corrected chi connectivity index (χ1v) is 16.7. The number of amides is 1. The number of halogens is 2. The van der Waals surface area contributed by atoms with Gasteiger partial charge in [0.1, 0.15) is 12.3 Å². The minimum absolute atomic E-state index is 0.0910. The largest absolute Gasteiger partial charge is 0.452 e. The Balaban J connectivity index is 1.51. The minimum atomic E-state index is -0.763. The third kappa shape index (κ3) is 7.27. The summed E-state index contributed by atoms with van der Waals surface area (Å²) in [4.78, 5) is 38.2. The molecule has 4 atom stereocenters. The molecule has 2 saturated carbocycles. The highest BCUT2D eigenvalue weighted by Crippen LogP contribution is 2.56. The molecule has 5 rings (SSSR count). The van der Waals surface area contributed by atoms with E-state index in [4.69, 9.17) is 32.7 Å². The van der Waals surface area contributed by atoms with Crippen LogP contribution < -0.4 is 10.1 Å². The number of carbonyl (C=O) groups excluding carboxylic acids is 3. The average Bonchev–Trinajstić information content (AvgIpc) is 3.74. The van der Waals surface area contributed by atoms with Gasteiger partial charge in [0.05, 0.1) is 36.1 Å². The molecule has 3 aliphatic rings. The van der Waals surface area contributed by atoms with Crippen LogP contribution in [0.5, 0.6) is 5.75 Å². The molecule has 2 aliphatic carbocycles. The number of hydrogen-bond acceptors (Lipinski definition) is 5. The van der Waals surface area contributed by atoms with Gasteiger partial charge in [-0.25, -0.2) is 0 Å². The number of hydrogen-bond donors (Lipinski definition) is 1. The molecule has 2 aromatic carbocycles. The van der Waals surface area contributed by atoms with Crippen LogP contribution in [0.4, 0.5) is 0 Å². The van der Waals surface area contributed by atoms with Crippen molar-refractivity contribution in [1.29, 1.82) is 0 Å². The van der Waals surface area contributed by atoms with Crippen molar-refractivity contribution in [1.82, 2.24) is 5.32 Å². The zero-order chi connectivity index (χ0) is 31.7. The Hall–Kier alpha value is -2.61. The number of piperidine rings is 1. The van der Waals surface area contributed by atoms with Gasteiger partial charge in [-0.15, -0.1) is 0 Å². The summed E-state index contributed by atoms with van der Waals surface area (Å²) in [5.41, 5.74) is 0.436. The van der Waals surface area contributed by atoms with Gasteiger partial charge >= 0.3 is 11.9 Å². The highest BCUT2D eigenvalue weighted by Gasteiger charge is 2.65. The normalized spacial score (nSPS) is 28.2. The fourth-order valence-electron chi connectivity index (χ4n) is 8.21.